The van der Waals surface area contributed by atoms with Crippen LogP contribution in [0.3, 0.4) is 0 Å². The molecule has 0 aromatic heterocycles. The van der Waals surface area contributed by atoms with Crippen LogP contribution in [0.15, 0.2) is 0 Å². The van der Waals surface area contributed by atoms with Gasteiger partial charge in [-0.3, -0.25) is 0 Å². The van der Waals surface area contributed by atoms with Crippen molar-refractivity contribution in [3.05, 3.63) is 0 Å². The molecule has 0 unspecified atom stereocenters. The van der Waals surface area contributed by atoms with Gasteiger partial charge in [0.05, 0.1) is 0 Å². The Morgan fingerprint density at radius 1 is 1.67 bits per heavy atom. The lowest BCUT2D eigenvalue weighted by Crippen LogP contribution is -2.50. The predicted molar refractivity (Wildman–Crippen MR) is 29.1 cm³/mol. The lowest BCUT2D eigenvalue weighted by Gasteiger charge is -2.21. The zero-order chi connectivity index (χ0) is 4.41. The molecule has 0 amide bonds. The van der Waals surface area contributed by atoms with Crippen LogP contribution in [-0.4, -0.2) is 19.6 Å². The van der Waals surface area contributed by atoms with Crippen molar-refractivity contribution in [3.63, 3.8) is 0 Å². The fraction of sp³-hybridized carbons (Fsp3) is 1.00. The zero-order valence-electron chi connectivity index (χ0n) is 4.20. The van der Waals surface area contributed by atoms with Crippen LogP contribution in [0.25, 0.3) is 0 Å². The Hall–Kier alpha value is 0.0249. The third kappa shape index (κ3) is 0.572. The molecule has 0 aromatic carbocycles. The number of rotatable bonds is 1. The summed E-state index contributed by atoms with van der Waals surface area (Å²) in [5.74, 6) is 0. The fourth-order valence-electron chi connectivity index (χ4n) is 0.637. The van der Waals surface area contributed by atoms with E-state index in [0.717, 1.165) is 6.71 Å². The second kappa shape index (κ2) is 1.65. The molecule has 6 heavy (non-hydrogen) atoms. The predicted octanol–water partition coefficient (Wildman–Crippen LogP) is 0.183. The molecule has 0 radical (unpaired) electrons. The van der Waals surface area contributed by atoms with Gasteiger partial charge in [0.2, 0.25) is 0 Å². The summed E-state index contributed by atoms with van der Waals surface area (Å²) >= 11 is 0. The van der Waals surface area contributed by atoms with E-state index in [0.29, 0.717) is 0 Å². The molecule has 0 saturated carbocycles. The van der Waals surface area contributed by atoms with Gasteiger partial charge in [-0.05, 0) is 12.9 Å². The summed E-state index contributed by atoms with van der Waals surface area (Å²) in [5.41, 5.74) is 0. The minimum absolute atomic E-state index is 1.00. The third-order valence-corrected chi connectivity index (χ3v) is 1.44. The van der Waals surface area contributed by atoms with Gasteiger partial charge in [-0.15, -0.1) is 0 Å². The number of hydrogen-bond acceptors (Lipinski definition) is 1. The van der Waals surface area contributed by atoms with Crippen molar-refractivity contribution in [2.75, 3.05) is 12.9 Å². The molecule has 1 nitrogen and oxygen atoms in total. The van der Waals surface area contributed by atoms with Gasteiger partial charge >= 0.3 is 0 Å². The van der Waals surface area contributed by atoms with Gasteiger partial charge in [0.25, 0.3) is 0 Å². The standard InChI is InChI=1S/C4H10BN/c1-2-5-3-6-4-5/h6H,2-4H2,1H3. The Labute approximate surface area is 39.2 Å². The van der Waals surface area contributed by atoms with Gasteiger partial charge in [-0.25, -0.2) is 0 Å². The summed E-state index contributed by atoms with van der Waals surface area (Å²) in [6.45, 7) is 3.25. The Bertz CT molecular complexity index is 40.1. The summed E-state index contributed by atoms with van der Waals surface area (Å²) in [5, 5.41) is 3.21. The first-order valence-corrected chi connectivity index (χ1v) is 2.64. The molecule has 2 heteroatoms. The van der Waals surface area contributed by atoms with Crippen LogP contribution >= 0.6 is 0 Å². The summed E-state index contributed by atoms with van der Waals surface area (Å²) in [6, 6.07) is 0. The minimum atomic E-state index is 1.00. The smallest absolute Gasteiger partial charge is 0.171 e. The maximum Gasteiger partial charge on any atom is 0.171 e. The van der Waals surface area contributed by atoms with Crippen LogP contribution in [-0.2, 0) is 0 Å². The molecule has 1 saturated heterocycles. The average molecular weight is 82.9 g/mol. The topological polar surface area (TPSA) is 12.0 Å². The number of hydrogen-bond donors (Lipinski definition) is 1. The molecule has 0 spiro atoms. The van der Waals surface area contributed by atoms with Gasteiger partial charge in [0, 0.05) is 0 Å². The Morgan fingerprint density at radius 3 is 2.33 bits per heavy atom. The van der Waals surface area contributed by atoms with E-state index in [2.05, 4.69) is 12.2 Å². The van der Waals surface area contributed by atoms with Crippen LogP contribution < -0.4 is 5.32 Å². The molecule has 1 N–H and O–H groups in total. The lowest BCUT2D eigenvalue weighted by atomic mass is 9.43. The van der Waals surface area contributed by atoms with Crippen LogP contribution in [0, 0.1) is 0 Å². The van der Waals surface area contributed by atoms with E-state index in [1.807, 2.05) is 0 Å². The van der Waals surface area contributed by atoms with Crippen molar-refractivity contribution in [2.45, 2.75) is 13.2 Å². The Balaban J connectivity index is 2.01. The molecular weight excluding hydrogens is 72.9 g/mol. The molecular formula is C4H10BN. The molecule has 34 valence electrons. The molecule has 1 fully saturated rings. The van der Waals surface area contributed by atoms with Crippen molar-refractivity contribution in [2.24, 2.45) is 0 Å². The second-order valence-corrected chi connectivity index (χ2v) is 1.93. The van der Waals surface area contributed by atoms with Crippen molar-refractivity contribution in [3.8, 4) is 0 Å². The Morgan fingerprint density at radius 2 is 2.33 bits per heavy atom. The van der Waals surface area contributed by atoms with E-state index in [1.165, 1.54) is 19.2 Å². The highest BCUT2D eigenvalue weighted by molar-refractivity contribution is 6.61. The molecule has 1 aliphatic heterocycles. The van der Waals surface area contributed by atoms with E-state index in [-0.39, 0.29) is 0 Å². The van der Waals surface area contributed by atoms with Crippen molar-refractivity contribution >= 4 is 6.71 Å². The summed E-state index contributed by atoms with van der Waals surface area (Å²) < 4.78 is 0. The van der Waals surface area contributed by atoms with Crippen LogP contribution in [0.1, 0.15) is 6.92 Å². The van der Waals surface area contributed by atoms with E-state index in [1.54, 1.807) is 0 Å². The van der Waals surface area contributed by atoms with Gasteiger partial charge in [0.15, 0.2) is 6.71 Å². The van der Waals surface area contributed by atoms with Crippen molar-refractivity contribution < 1.29 is 0 Å². The van der Waals surface area contributed by atoms with Crippen LogP contribution in [0.5, 0.6) is 0 Å². The van der Waals surface area contributed by atoms with Gasteiger partial charge < -0.3 is 5.32 Å². The molecule has 0 aliphatic carbocycles. The van der Waals surface area contributed by atoms with Gasteiger partial charge in [-0.1, -0.05) is 13.2 Å². The summed E-state index contributed by atoms with van der Waals surface area (Å²) in [6.07, 6.45) is 3.88. The molecule has 0 aromatic rings. The molecule has 1 rings (SSSR count). The first-order chi connectivity index (χ1) is 2.93. The summed E-state index contributed by atoms with van der Waals surface area (Å²) in [4.78, 5) is 0. The fourth-order valence-corrected chi connectivity index (χ4v) is 0.637. The monoisotopic (exact) mass is 83.1 g/mol. The van der Waals surface area contributed by atoms with E-state index < -0.39 is 0 Å². The maximum atomic E-state index is 3.21. The highest BCUT2D eigenvalue weighted by Crippen LogP contribution is 1.94. The van der Waals surface area contributed by atoms with Gasteiger partial charge in [-0.2, -0.15) is 0 Å². The van der Waals surface area contributed by atoms with E-state index in [4.69, 9.17) is 0 Å². The summed E-state index contributed by atoms with van der Waals surface area (Å²) in [7, 11) is 0. The van der Waals surface area contributed by atoms with E-state index in [9.17, 15) is 0 Å². The second-order valence-electron chi connectivity index (χ2n) is 1.93. The third-order valence-electron chi connectivity index (χ3n) is 1.44. The normalized spacial score (nSPS) is 20.5. The lowest BCUT2D eigenvalue weighted by molar-refractivity contribution is 0.809. The average Bonchev–Trinajstić information content (AvgIpc) is 1.31. The molecule has 1 heterocycles. The van der Waals surface area contributed by atoms with Crippen LogP contribution in [0.4, 0.5) is 0 Å². The van der Waals surface area contributed by atoms with Gasteiger partial charge in [0.1, 0.15) is 0 Å². The Kier molecular flexibility index (Phi) is 1.15. The minimum Gasteiger partial charge on any atom is -0.331 e. The van der Waals surface area contributed by atoms with E-state index >= 15 is 0 Å². The molecule has 0 bridgehead atoms. The first-order valence-electron chi connectivity index (χ1n) is 2.64. The highest BCUT2D eigenvalue weighted by atomic mass is 14.9. The number of nitrogens with one attached hydrogen (secondary N) is 1. The molecule has 1 aliphatic rings. The largest absolute Gasteiger partial charge is 0.331 e. The van der Waals surface area contributed by atoms with Crippen molar-refractivity contribution in [1.29, 1.82) is 0 Å². The maximum absolute atomic E-state index is 3.21. The zero-order valence-corrected chi connectivity index (χ0v) is 4.20. The quantitative estimate of drug-likeness (QED) is 0.446. The molecule has 0 atom stereocenters. The van der Waals surface area contributed by atoms with Crippen molar-refractivity contribution in [1.82, 2.24) is 5.32 Å². The van der Waals surface area contributed by atoms with Crippen LogP contribution in [0.2, 0.25) is 6.32 Å². The SMILES string of the molecule is CCB1CNC1. The first kappa shape index (κ1) is 4.19. The highest BCUT2D eigenvalue weighted by Gasteiger charge is 2.17.